The fourth-order valence-corrected chi connectivity index (χ4v) is 5.04. The van der Waals surface area contributed by atoms with Gasteiger partial charge in [0.25, 0.3) is 0 Å². The second-order valence-corrected chi connectivity index (χ2v) is 11.5. The highest BCUT2D eigenvalue weighted by atomic mass is 16.5. The third kappa shape index (κ3) is 31.4. The second-order valence-electron chi connectivity index (χ2n) is 11.5. The van der Waals surface area contributed by atoms with Crippen molar-refractivity contribution in [1.29, 1.82) is 0 Å². The molecule has 3 heteroatoms. The third-order valence-electron chi connectivity index (χ3n) is 7.61. The van der Waals surface area contributed by atoms with Crippen molar-refractivity contribution in [2.75, 3.05) is 13.2 Å². The monoisotopic (exact) mass is 523 g/mol. The Bertz CT molecular complexity index is 474. The molecule has 0 saturated carbocycles. The molecular formula is C34H66O3. The van der Waals surface area contributed by atoms with Gasteiger partial charge in [0.05, 0.1) is 0 Å². The molecule has 0 spiro atoms. The summed E-state index contributed by atoms with van der Waals surface area (Å²) in [5, 5.41) is 0. The van der Waals surface area contributed by atoms with E-state index < -0.39 is 0 Å². The maximum absolute atomic E-state index is 12.1. The summed E-state index contributed by atoms with van der Waals surface area (Å²) in [6.45, 7) is 6.19. The van der Waals surface area contributed by atoms with Crippen LogP contribution >= 0.6 is 0 Å². The summed E-state index contributed by atoms with van der Waals surface area (Å²) in [4.78, 5) is 24.1. The Morgan fingerprint density at radius 1 is 0.351 bits per heavy atom. The van der Waals surface area contributed by atoms with E-state index in [-0.39, 0.29) is 0 Å². The molecule has 0 radical (unpaired) electrons. The predicted molar refractivity (Wildman–Crippen MR) is 161 cm³/mol. The molecule has 0 amide bonds. The zero-order valence-corrected chi connectivity index (χ0v) is 25.4. The Kier molecular flexibility index (Phi) is 30.9. The lowest BCUT2D eigenvalue weighted by atomic mass is 10.0. The molecule has 37 heavy (non-hydrogen) atoms. The Hall–Kier alpha value is -0.700. The highest BCUT2D eigenvalue weighted by Crippen LogP contribution is 2.14. The molecule has 0 aliphatic heterocycles. The van der Waals surface area contributed by atoms with E-state index in [2.05, 4.69) is 13.8 Å². The van der Waals surface area contributed by atoms with Crippen molar-refractivity contribution in [3.8, 4) is 0 Å². The van der Waals surface area contributed by atoms with Crippen molar-refractivity contribution in [3.05, 3.63) is 0 Å². The average molecular weight is 523 g/mol. The van der Waals surface area contributed by atoms with E-state index in [1.165, 1.54) is 128 Å². The van der Waals surface area contributed by atoms with E-state index in [0.717, 1.165) is 38.9 Å². The lowest BCUT2D eigenvalue weighted by molar-refractivity contribution is -0.120. The van der Waals surface area contributed by atoms with Crippen LogP contribution in [0.25, 0.3) is 0 Å². The maximum atomic E-state index is 12.1. The molecule has 0 aromatic carbocycles. The van der Waals surface area contributed by atoms with Crippen LogP contribution in [-0.4, -0.2) is 24.8 Å². The Labute approximate surface area is 232 Å². The maximum Gasteiger partial charge on any atom is 0.132 e. The summed E-state index contributed by atoms with van der Waals surface area (Å²) in [6.07, 6.45) is 33.1. The van der Waals surface area contributed by atoms with Crippen LogP contribution in [0.5, 0.6) is 0 Å². The summed E-state index contributed by atoms with van der Waals surface area (Å²) in [5.74, 6) is 0.668. The highest BCUT2D eigenvalue weighted by molar-refractivity contribution is 5.81. The summed E-state index contributed by atoms with van der Waals surface area (Å²) < 4.78 is 5.74. The van der Waals surface area contributed by atoms with E-state index >= 15 is 0 Å². The first kappa shape index (κ1) is 36.3. The largest absolute Gasteiger partial charge is 0.381 e. The number of carbonyl (C=O) groups excluding carboxylic acids is 2. The van der Waals surface area contributed by atoms with Crippen molar-refractivity contribution >= 4 is 11.6 Å². The summed E-state index contributed by atoms with van der Waals surface area (Å²) >= 11 is 0. The second kappa shape index (κ2) is 31.5. The predicted octanol–water partition coefficient (Wildman–Crippen LogP) is 11.1. The number of carbonyl (C=O) groups is 2. The van der Waals surface area contributed by atoms with Crippen LogP contribution in [0.3, 0.4) is 0 Å². The topological polar surface area (TPSA) is 43.4 Å². The number of hydrogen-bond donors (Lipinski definition) is 0. The van der Waals surface area contributed by atoms with Gasteiger partial charge < -0.3 is 4.74 Å². The fraction of sp³-hybridized carbons (Fsp3) is 0.941. The zero-order chi connectivity index (χ0) is 27.1. The number of ketones is 2. The van der Waals surface area contributed by atoms with E-state index in [9.17, 15) is 9.59 Å². The number of hydrogen-bond acceptors (Lipinski definition) is 3. The van der Waals surface area contributed by atoms with Crippen molar-refractivity contribution in [2.45, 2.75) is 194 Å². The highest BCUT2D eigenvalue weighted by Gasteiger charge is 2.06. The zero-order valence-electron chi connectivity index (χ0n) is 25.4. The summed E-state index contributed by atoms with van der Waals surface area (Å²) in [6, 6.07) is 0. The first-order valence-corrected chi connectivity index (χ1v) is 16.8. The molecule has 0 unspecified atom stereocenters. The van der Waals surface area contributed by atoms with Gasteiger partial charge in [-0.1, -0.05) is 136 Å². The van der Waals surface area contributed by atoms with E-state index in [1.807, 2.05) is 0 Å². The van der Waals surface area contributed by atoms with Gasteiger partial charge in [-0.05, 0) is 32.1 Å². The lowest BCUT2D eigenvalue weighted by Gasteiger charge is -2.05. The lowest BCUT2D eigenvalue weighted by Crippen LogP contribution is -2.03. The van der Waals surface area contributed by atoms with Crippen molar-refractivity contribution in [2.24, 2.45) is 0 Å². The molecule has 0 aromatic heterocycles. The molecule has 0 rings (SSSR count). The number of unbranched alkanes of at least 4 members (excludes halogenated alkanes) is 20. The van der Waals surface area contributed by atoms with Crippen LogP contribution in [0.15, 0.2) is 0 Å². The van der Waals surface area contributed by atoms with Crippen molar-refractivity contribution in [1.82, 2.24) is 0 Å². The molecule has 0 heterocycles. The van der Waals surface area contributed by atoms with Gasteiger partial charge in [-0.25, -0.2) is 0 Å². The molecule has 3 nitrogen and oxygen atoms in total. The SMILES string of the molecule is CCCCCCCCCCCCCC(=O)CCCC(=O)CCCCOCCCCCCCCCCCC. The molecule has 0 aromatic rings. The van der Waals surface area contributed by atoms with Crippen LogP contribution in [0.2, 0.25) is 0 Å². The third-order valence-corrected chi connectivity index (χ3v) is 7.61. The molecule has 0 bridgehead atoms. The number of rotatable bonds is 32. The van der Waals surface area contributed by atoms with Crippen molar-refractivity contribution < 1.29 is 14.3 Å². The van der Waals surface area contributed by atoms with Gasteiger partial charge in [0.2, 0.25) is 0 Å². The standard InChI is InChI=1S/C34H66O3/c1-3-5-7-9-11-13-15-16-18-20-22-27-33(35)29-26-30-34(36)28-23-25-32-37-31-24-21-19-17-14-12-10-8-6-4-2/h3-32H2,1-2H3. The molecule has 0 saturated heterocycles. The molecule has 0 aliphatic rings. The van der Waals surface area contributed by atoms with E-state index in [1.54, 1.807) is 0 Å². The van der Waals surface area contributed by atoms with Crippen LogP contribution in [0.1, 0.15) is 194 Å². The Balaban J connectivity index is 3.27. The van der Waals surface area contributed by atoms with Crippen molar-refractivity contribution in [3.63, 3.8) is 0 Å². The molecular weight excluding hydrogens is 456 g/mol. The first-order valence-electron chi connectivity index (χ1n) is 16.8. The van der Waals surface area contributed by atoms with Gasteiger partial charge in [-0.2, -0.15) is 0 Å². The Morgan fingerprint density at radius 2 is 0.622 bits per heavy atom. The number of Topliss-reactive ketones (excluding diaryl/α,β-unsaturated/α-hetero) is 2. The van der Waals surface area contributed by atoms with Crippen LogP contribution in [0.4, 0.5) is 0 Å². The smallest absolute Gasteiger partial charge is 0.132 e. The molecule has 0 atom stereocenters. The van der Waals surface area contributed by atoms with Crippen LogP contribution in [-0.2, 0) is 14.3 Å². The summed E-state index contributed by atoms with van der Waals surface area (Å²) in [5.41, 5.74) is 0. The van der Waals surface area contributed by atoms with E-state index in [4.69, 9.17) is 4.74 Å². The van der Waals surface area contributed by atoms with E-state index in [0.29, 0.717) is 37.2 Å². The van der Waals surface area contributed by atoms with Gasteiger partial charge in [0.1, 0.15) is 11.6 Å². The minimum atomic E-state index is 0.317. The normalized spacial score (nSPS) is 11.3. The van der Waals surface area contributed by atoms with Crippen LogP contribution < -0.4 is 0 Å². The molecule has 0 fully saturated rings. The van der Waals surface area contributed by atoms with Gasteiger partial charge in [0, 0.05) is 38.9 Å². The first-order chi connectivity index (χ1) is 18.2. The molecule has 0 aliphatic carbocycles. The van der Waals surface area contributed by atoms with Gasteiger partial charge in [-0.3, -0.25) is 9.59 Å². The van der Waals surface area contributed by atoms with Gasteiger partial charge >= 0.3 is 0 Å². The van der Waals surface area contributed by atoms with Crippen LogP contribution in [0, 0.1) is 0 Å². The fourth-order valence-electron chi connectivity index (χ4n) is 5.04. The number of ether oxygens (including phenoxy) is 1. The molecule has 0 N–H and O–H groups in total. The quantitative estimate of drug-likeness (QED) is 0.0825. The minimum absolute atomic E-state index is 0.317. The van der Waals surface area contributed by atoms with Gasteiger partial charge in [-0.15, -0.1) is 0 Å². The average Bonchev–Trinajstić information content (AvgIpc) is 2.89. The molecule has 220 valence electrons. The van der Waals surface area contributed by atoms with Gasteiger partial charge in [0.15, 0.2) is 0 Å². The Morgan fingerprint density at radius 3 is 1.03 bits per heavy atom. The minimum Gasteiger partial charge on any atom is -0.381 e. The summed E-state index contributed by atoms with van der Waals surface area (Å²) in [7, 11) is 0.